The Bertz CT molecular complexity index is 185. The molecule has 0 heterocycles. The molecular weight excluding hydrogens is 184 g/mol. The molecule has 1 aliphatic rings. The zero-order chi connectivity index (χ0) is 11.5. The molecule has 0 bridgehead atoms. The molecule has 1 rings (SSSR count). The van der Waals surface area contributed by atoms with Gasteiger partial charge in [0.1, 0.15) is 0 Å². The first-order valence-electron chi connectivity index (χ1n) is 6.33. The molecule has 15 heavy (non-hydrogen) atoms. The third kappa shape index (κ3) is 3.18. The highest BCUT2D eigenvalue weighted by atomic mass is 14.9. The SMILES string of the molecule is CC(C)C(C)(C)CNCC1(CN)CCC1. The molecule has 1 saturated carbocycles. The van der Waals surface area contributed by atoms with Crippen molar-refractivity contribution in [3.63, 3.8) is 0 Å². The Hall–Kier alpha value is -0.0800. The number of nitrogens with two attached hydrogens (primary N) is 1. The molecule has 1 fully saturated rings. The third-order valence-corrected chi connectivity index (χ3v) is 4.49. The third-order valence-electron chi connectivity index (χ3n) is 4.49. The molecule has 2 nitrogen and oxygen atoms in total. The Morgan fingerprint density at radius 3 is 2.27 bits per heavy atom. The second kappa shape index (κ2) is 4.84. The largest absolute Gasteiger partial charge is 0.330 e. The monoisotopic (exact) mass is 212 g/mol. The zero-order valence-corrected chi connectivity index (χ0v) is 10.9. The van der Waals surface area contributed by atoms with Gasteiger partial charge in [0.25, 0.3) is 0 Å². The van der Waals surface area contributed by atoms with Crippen LogP contribution in [0.3, 0.4) is 0 Å². The van der Waals surface area contributed by atoms with Crippen molar-refractivity contribution in [2.45, 2.75) is 47.0 Å². The molecule has 0 aromatic heterocycles. The molecule has 1 aliphatic carbocycles. The fourth-order valence-electron chi connectivity index (χ4n) is 1.98. The van der Waals surface area contributed by atoms with Crippen molar-refractivity contribution in [3.8, 4) is 0 Å². The van der Waals surface area contributed by atoms with Gasteiger partial charge in [-0.25, -0.2) is 0 Å². The minimum absolute atomic E-state index is 0.388. The highest BCUT2D eigenvalue weighted by molar-refractivity contribution is 4.91. The van der Waals surface area contributed by atoms with Crippen LogP contribution in [-0.4, -0.2) is 19.6 Å². The number of hydrogen-bond acceptors (Lipinski definition) is 2. The van der Waals surface area contributed by atoms with Crippen molar-refractivity contribution in [2.24, 2.45) is 22.5 Å². The molecule has 2 heteroatoms. The van der Waals surface area contributed by atoms with Crippen LogP contribution in [0, 0.1) is 16.7 Å². The first kappa shape index (κ1) is 13.0. The van der Waals surface area contributed by atoms with Crippen molar-refractivity contribution in [1.29, 1.82) is 0 Å². The van der Waals surface area contributed by atoms with Gasteiger partial charge in [0, 0.05) is 13.1 Å². The van der Waals surface area contributed by atoms with Gasteiger partial charge in [-0.05, 0) is 36.1 Å². The zero-order valence-electron chi connectivity index (χ0n) is 10.9. The van der Waals surface area contributed by atoms with E-state index < -0.39 is 0 Å². The molecular formula is C13H28N2. The Kier molecular flexibility index (Phi) is 4.19. The minimum Gasteiger partial charge on any atom is -0.330 e. The van der Waals surface area contributed by atoms with Gasteiger partial charge in [-0.1, -0.05) is 34.1 Å². The summed E-state index contributed by atoms with van der Waals surface area (Å²) in [5.74, 6) is 0.722. The lowest BCUT2D eigenvalue weighted by atomic mass is 9.68. The van der Waals surface area contributed by atoms with Gasteiger partial charge in [0.2, 0.25) is 0 Å². The maximum absolute atomic E-state index is 5.84. The number of hydrogen-bond donors (Lipinski definition) is 2. The minimum atomic E-state index is 0.388. The highest BCUT2D eigenvalue weighted by Crippen LogP contribution is 2.39. The molecule has 0 aromatic rings. The van der Waals surface area contributed by atoms with E-state index in [2.05, 4.69) is 33.0 Å². The summed E-state index contributed by atoms with van der Waals surface area (Å²) in [5, 5.41) is 3.62. The Labute approximate surface area is 95.0 Å². The van der Waals surface area contributed by atoms with Gasteiger partial charge in [0.15, 0.2) is 0 Å². The van der Waals surface area contributed by atoms with Gasteiger partial charge < -0.3 is 11.1 Å². The van der Waals surface area contributed by atoms with Gasteiger partial charge in [0.05, 0.1) is 0 Å². The van der Waals surface area contributed by atoms with E-state index in [9.17, 15) is 0 Å². The second-order valence-corrected chi connectivity index (χ2v) is 6.30. The topological polar surface area (TPSA) is 38.0 Å². The van der Waals surface area contributed by atoms with Crippen LogP contribution in [-0.2, 0) is 0 Å². The summed E-state index contributed by atoms with van der Waals surface area (Å²) in [6.07, 6.45) is 4.00. The van der Waals surface area contributed by atoms with Crippen LogP contribution in [0.5, 0.6) is 0 Å². The van der Waals surface area contributed by atoms with Crippen LogP contribution in [0.1, 0.15) is 47.0 Å². The van der Waals surface area contributed by atoms with Gasteiger partial charge >= 0.3 is 0 Å². The van der Waals surface area contributed by atoms with Gasteiger partial charge in [-0.2, -0.15) is 0 Å². The summed E-state index contributed by atoms with van der Waals surface area (Å²) in [7, 11) is 0. The van der Waals surface area contributed by atoms with Crippen LogP contribution < -0.4 is 11.1 Å². The maximum atomic E-state index is 5.84. The Morgan fingerprint density at radius 1 is 1.33 bits per heavy atom. The van der Waals surface area contributed by atoms with E-state index >= 15 is 0 Å². The Morgan fingerprint density at radius 2 is 1.93 bits per heavy atom. The summed E-state index contributed by atoms with van der Waals surface area (Å²) in [6, 6.07) is 0. The molecule has 0 spiro atoms. The average molecular weight is 212 g/mol. The lowest BCUT2D eigenvalue weighted by Gasteiger charge is -2.42. The quantitative estimate of drug-likeness (QED) is 0.709. The second-order valence-electron chi connectivity index (χ2n) is 6.30. The standard InChI is InChI=1S/C13H28N2/c1-11(2)12(3,4)9-15-10-13(8-14)6-5-7-13/h11,15H,5-10,14H2,1-4H3. The van der Waals surface area contributed by atoms with E-state index in [0.29, 0.717) is 10.8 Å². The average Bonchev–Trinajstić information content (AvgIpc) is 2.09. The summed E-state index contributed by atoms with van der Waals surface area (Å²) < 4.78 is 0. The smallest absolute Gasteiger partial charge is 0.00201 e. The van der Waals surface area contributed by atoms with E-state index in [4.69, 9.17) is 5.73 Å². The lowest BCUT2D eigenvalue weighted by molar-refractivity contribution is 0.129. The summed E-state index contributed by atoms with van der Waals surface area (Å²) >= 11 is 0. The van der Waals surface area contributed by atoms with Crippen molar-refractivity contribution < 1.29 is 0 Å². The number of rotatable bonds is 6. The van der Waals surface area contributed by atoms with Crippen LogP contribution in [0.15, 0.2) is 0 Å². The first-order valence-corrected chi connectivity index (χ1v) is 6.33. The summed E-state index contributed by atoms with van der Waals surface area (Å²) in [4.78, 5) is 0. The van der Waals surface area contributed by atoms with Crippen LogP contribution in [0.2, 0.25) is 0 Å². The molecule has 3 N–H and O–H groups in total. The summed E-state index contributed by atoms with van der Waals surface area (Å²) in [6.45, 7) is 12.3. The van der Waals surface area contributed by atoms with E-state index in [1.807, 2.05) is 0 Å². The van der Waals surface area contributed by atoms with Crippen LogP contribution in [0.25, 0.3) is 0 Å². The molecule has 0 aliphatic heterocycles. The highest BCUT2D eigenvalue weighted by Gasteiger charge is 2.35. The van der Waals surface area contributed by atoms with Crippen molar-refractivity contribution >= 4 is 0 Å². The molecule has 0 radical (unpaired) electrons. The van der Waals surface area contributed by atoms with Gasteiger partial charge in [-0.3, -0.25) is 0 Å². The van der Waals surface area contributed by atoms with Crippen LogP contribution in [0.4, 0.5) is 0 Å². The fourth-order valence-corrected chi connectivity index (χ4v) is 1.98. The fraction of sp³-hybridized carbons (Fsp3) is 1.00. The van der Waals surface area contributed by atoms with E-state index in [0.717, 1.165) is 25.6 Å². The Balaban J connectivity index is 2.26. The van der Waals surface area contributed by atoms with E-state index in [1.165, 1.54) is 19.3 Å². The predicted octanol–water partition coefficient (Wildman–Crippen LogP) is 2.39. The predicted molar refractivity (Wildman–Crippen MR) is 66.8 cm³/mol. The number of nitrogens with one attached hydrogen (secondary N) is 1. The molecule has 0 aromatic carbocycles. The normalized spacial score (nSPS) is 20.4. The van der Waals surface area contributed by atoms with E-state index in [-0.39, 0.29) is 0 Å². The van der Waals surface area contributed by atoms with Gasteiger partial charge in [-0.15, -0.1) is 0 Å². The lowest BCUT2D eigenvalue weighted by Crippen LogP contribution is -2.47. The van der Waals surface area contributed by atoms with Crippen molar-refractivity contribution in [3.05, 3.63) is 0 Å². The summed E-state index contributed by atoms with van der Waals surface area (Å²) in [5.41, 5.74) is 6.66. The molecule has 0 atom stereocenters. The van der Waals surface area contributed by atoms with Crippen LogP contribution >= 0.6 is 0 Å². The van der Waals surface area contributed by atoms with Crippen molar-refractivity contribution in [2.75, 3.05) is 19.6 Å². The first-order chi connectivity index (χ1) is 6.92. The van der Waals surface area contributed by atoms with E-state index in [1.54, 1.807) is 0 Å². The molecule has 0 unspecified atom stereocenters. The molecule has 0 amide bonds. The maximum Gasteiger partial charge on any atom is 0.00201 e. The van der Waals surface area contributed by atoms with Crippen molar-refractivity contribution in [1.82, 2.24) is 5.32 Å². The molecule has 0 saturated heterocycles. The molecule has 90 valence electrons.